The summed E-state index contributed by atoms with van der Waals surface area (Å²) in [6, 6.07) is 0.0163. The summed E-state index contributed by atoms with van der Waals surface area (Å²) in [7, 11) is 0. The van der Waals surface area contributed by atoms with Gasteiger partial charge in [0, 0.05) is 17.7 Å². The minimum Gasteiger partial charge on any atom is -0.356 e. The summed E-state index contributed by atoms with van der Waals surface area (Å²) < 4.78 is 191. The van der Waals surface area contributed by atoms with E-state index in [4.69, 9.17) is 4.74 Å². The molecule has 0 radical (unpaired) electrons. The molecule has 16 heteroatoms. The van der Waals surface area contributed by atoms with Gasteiger partial charge in [-0.25, -0.2) is 0 Å². The van der Waals surface area contributed by atoms with E-state index in [1.807, 2.05) is 0 Å². The Labute approximate surface area is 241 Å². The molecule has 0 aliphatic heterocycles. The van der Waals surface area contributed by atoms with E-state index < -0.39 is 84.8 Å². The van der Waals surface area contributed by atoms with Crippen molar-refractivity contribution in [2.24, 2.45) is 5.92 Å². The number of rotatable bonds is 13. The highest BCUT2D eigenvalue weighted by molar-refractivity contribution is 5.42. The van der Waals surface area contributed by atoms with Crippen molar-refractivity contribution >= 4 is 0 Å². The lowest BCUT2D eigenvalue weighted by atomic mass is 9.81. The molecule has 1 aromatic rings. The average Bonchev–Trinajstić information content (AvgIpc) is 2.88. The molecule has 1 saturated carbocycles. The molecule has 1 aromatic carbocycles. The minimum absolute atomic E-state index is 0.0654. The summed E-state index contributed by atoms with van der Waals surface area (Å²) in [6.45, 7) is -0.0764. The van der Waals surface area contributed by atoms with Crippen LogP contribution in [-0.4, -0.2) is 51.5 Å². The predicted molar refractivity (Wildman–Crippen MR) is 129 cm³/mol. The van der Waals surface area contributed by atoms with Gasteiger partial charge < -0.3 is 18.9 Å². The Morgan fingerprint density at radius 1 is 0.651 bits per heavy atom. The van der Waals surface area contributed by atoms with Gasteiger partial charge >= 0.3 is 24.7 Å². The van der Waals surface area contributed by atoms with E-state index in [1.165, 1.54) is 20.8 Å². The molecule has 0 heterocycles. The Bertz CT molecular complexity index is 983. The zero-order chi connectivity index (χ0) is 32.9. The van der Waals surface area contributed by atoms with E-state index in [0.717, 1.165) is 19.3 Å². The lowest BCUT2D eigenvalue weighted by Gasteiger charge is -2.40. The highest BCUT2D eigenvalue weighted by Crippen LogP contribution is 2.57. The van der Waals surface area contributed by atoms with Gasteiger partial charge in [-0.05, 0) is 49.7 Å². The highest BCUT2D eigenvalue weighted by atomic mass is 19.4. The van der Waals surface area contributed by atoms with Gasteiger partial charge in [-0.2, -0.15) is 52.7 Å². The molecule has 0 aromatic heterocycles. The Hall–Kier alpha value is -1.78. The second-order valence-electron chi connectivity index (χ2n) is 10.4. The molecular formula is C27H34F12O4. The topological polar surface area (TPSA) is 36.9 Å². The van der Waals surface area contributed by atoms with Gasteiger partial charge in [-0.3, -0.25) is 0 Å². The molecule has 0 N–H and O–H groups in total. The van der Waals surface area contributed by atoms with E-state index in [-0.39, 0.29) is 31.1 Å². The van der Waals surface area contributed by atoms with Crippen LogP contribution in [-0.2, 0) is 30.1 Å². The summed E-state index contributed by atoms with van der Waals surface area (Å²) in [6.07, 6.45) is -22.0. The van der Waals surface area contributed by atoms with E-state index >= 15 is 0 Å². The van der Waals surface area contributed by atoms with Gasteiger partial charge in [0.1, 0.15) is 13.6 Å². The number of hydrogen-bond acceptors (Lipinski definition) is 4. The SMILES string of the molecule is CCOCOC(c1cc(C(C)CC)cc(C(OCOCC2CCCCC2)(C(F)(F)F)C(F)(F)F)c1)(C(F)(F)F)C(F)(F)F. The molecule has 1 aliphatic carbocycles. The molecule has 1 fully saturated rings. The minimum atomic E-state index is -6.41. The van der Waals surface area contributed by atoms with Crippen LogP contribution in [0.4, 0.5) is 52.7 Å². The first kappa shape index (κ1) is 37.4. The van der Waals surface area contributed by atoms with E-state index in [2.05, 4.69) is 14.2 Å². The maximum absolute atomic E-state index is 14.5. The Kier molecular flexibility index (Phi) is 12.3. The summed E-state index contributed by atoms with van der Waals surface area (Å²) in [4.78, 5) is 0. The third kappa shape index (κ3) is 7.90. The lowest BCUT2D eigenvalue weighted by molar-refractivity contribution is -0.403. The normalized spacial score (nSPS) is 17.4. The van der Waals surface area contributed by atoms with Crippen LogP contribution < -0.4 is 0 Å². The Balaban J connectivity index is 2.84. The maximum atomic E-state index is 14.5. The van der Waals surface area contributed by atoms with Crippen LogP contribution in [0.25, 0.3) is 0 Å². The second kappa shape index (κ2) is 14.1. The highest BCUT2D eigenvalue weighted by Gasteiger charge is 2.76. The number of halogens is 12. The summed E-state index contributed by atoms with van der Waals surface area (Å²) >= 11 is 0. The van der Waals surface area contributed by atoms with Crippen molar-refractivity contribution in [2.45, 2.75) is 101 Å². The zero-order valence-electron chi connectivity index (χ0n) is 23.6. The molecule has 1 unspecified atom stereocenters. The fourth-order valence-electron chi connectivity index (χ4n) is 4.96. The first-order valence-electron chi connectivity index (χ1n) is 13.6. The second-order valence-corrected chi connectivity index (χ2v) is 10.4. The van der Waals surface area contributed by atoms with Crippen LogP contribution in [0.5, 0.6) is 0 Å². The van der Waals surface area contributed by atoms with Gasteiger partial charge in [-0.1, -0.05) is 45.2 Å². The van der Waals surface area contributed by atoms with Gasteiger partial charge in [0.15, 0.2) is 0 Å². The third-order valence-electron chi connectivity index (χ3n) is 7.55. The fraction of sp³-hybridized carbons (Fsp3) is 0.778. The van der Waals surface area contributed by atoms with Crippen molar-refractivity contribution in [1.82, 2.24) is 0 Å². The summed E-state index contributed by atoms with van der Waals surface area (Å²) in [5.41, 5.74) is -15.5. The summed E-state index contributed by atoms with van der Waals surface area (Å²) in [5.74, 6) is -1.24. The molecule has 4 nitrogen and oxygen atoms in total. The van der Waals surface area contributed by atoms with E-state index in [0.29, 0.717) is 12.8 Å². The third-order valence-corrected chi connectivity index (χ3v) is 7.55. The van der Waals surface area contributed by atoms with Crippen molar-refractivity contribution in [3.05, 3.63) is 34.9 Å². The van der Waals surface area contributed by atoms with Gasteiger partial charge in [0.2, 0.25) is 0 Å². The quantitative estimate of drug-likeness (QED) is 0.121. The molecular weight excluding hydrogens is 616 g/mol. The van der Waals surface area contributed by atoms with Crippen LogP contribution in [0.15, 0.2) is 18.2 Å². The number of alkyl halides is 12. The first-order valence-corrected chi connectivity index (χ1v) is 13.6. The van der Waals surface area contributed by atoms with E-state index in [1.54, 1.807) is 0 Å². The number of benzene rings is 1. The van der Waals surface area contributed by atoms with Crippen molar-refractivity contribution in [3.8, 4) is 0 Å². The van der Waals surface area contributed by atoms with Crippen molar-refractivity contribution in [3.63, 3.8) is 0 Å². The molecule has 0 bridgehead atoms. The average molecular weight is 651 g/mol. The van der Waals surface area contributed by atoms with Gasteiger partial charge in [0.25, 0.3) is 11.2 Å². The van der Waals surface area contributed by atoms with Crippen LogP contribution >= 0.6 is 0 Å². The number of hydrogen-bond donors (Lipinski definition) is 0. The maximum Gasteiger partial charge on any atom is 0.430 e. The lowest BCUT2D eigenvalue weighted by Crippen LogP contribution is -2.58. The van der Waals surface area contributed by atoms with Crippen LogP contribution in [0.2, 0.25) is 0 Å². The van der Waals surface area contributed by atoms with Gasteiger partial charge in [0.05, 0.1) is 6.61 Å². The molecule has 0 amide bonds. The van der Waals surface area contributed by atoms with Gasteiger partial charge in [-0.15, -0.1) is 0 Å². The number of ether oxygens (including phenoxy) is 4. The molecule has 43 heavy (non-hydrogen) atoms. The monoisotopic (exact) mass is 650 g/mol. The van der Waals surface area contributed by atoms with Crippen LogP contribution in [0, 0.1) is 5.92 Å². The smallest absolute Gasteiger partial charge is 0.356 e. The van der Waals surface area contributed by atoms with E-state index in [9.17, 15) is 52.7 Å². The molecule has 2 rings (SSSR count). The van der Waals surface area contributed by atoms with Crippen molar-refractivity contribution < 1.29 is 71.6 Å². The standard InChI is InChI=1S/C27H34F12O4/c1-4-17(3)19-11-20(22(24(28,29)30,25(31,32)33)42-15-40-5-2)13-21(12-19)23(26(34,35)36,27(37,38)39)43-16-41-14-18-9-7-6-8-10-18/h11-13,17-18H,4-10,14-16H2,1-3H3. The van der Waals surface area contributed by atoms with Crippen LogP contribution in [0.3, 0.4) is 0 Å². The zero-order valence-corrected chi connectivity index (χ0v) is 23.6. The fourth-order valence-corrected chi connectivity index (χ4v) is 4.96. The molecule has 250 valence electrons. The Morgan fingerprint density at radius 2 is 1.07 bits per heavy atom. The van der Waals surface area contributed by atoms with Crippen LogP contribution in [0.1, 0.15) is 81.9 Å². The van der Waals surface area contributed by atoms with Crippen molar-refractivity contribution in [2.75, 3.05) is 26.8 Å². The summed E-state index contributed by atoms with van der Waals surface area (Å²) in [5, 5.41) is 0. The molecule has 0 spiro atoms. The first-order chi connectivity index (χ1) is 19.7. The largest absolute Gasteiger partial charge is 0.430 e. The van der Waals surface area contributed by atoms with Crippen molar-refractivity contribution in [1.29, 1.82) is 0 Å². The molecule has 1 atom stereocenters. The predicted octanol–water partition coefficient (Wildman–Crippen LogP) is 9.42. The molecule has 0 saturated heterocycles. The Morgan fingerprint density at radius 3 is 1.44 bits per heavy atom. The molecule has 1 aliphatic rings.